The van der Waals surface area contributed by atoms with Gasteiger partial charge in [0.05, 0.1) is 22.4 Å². The summed E-state index contributed by atoms with van der Waals surface area (Å²) in [5, 5.41) is 1.94. The van der Waals surface area contributed by atoms with Gasteiger partial charge in [0.2, 0.25) is 0 Å². The van der Waals surface area contributed by atoms with Crippen molar-refractivity contribution in [1.82, 2.24) is 4.57 Å². The molecule has 1 aromatic carbocycles. The molecular weight excluding hydrogens is 430 g/mol. The van der Waals surface area contributed by atoms with Crippen molar-refractivity contribution in [2.75, 3.05) is 25.6 Å². The summed E-state index contributed by atoms with van der Waals surface area (Å²) in [5.74, 6) is -0.435. The zero-order valence-corrected chi connectivity index (χ0v) is 19.4. The lowest BCUT2D eigenvalue weighted by atomic mass is 10.0. The van der Waals surface area contributed by atoms with Gasteiger partial charge in [0.15, 0.2) is 4.80 Å². The summed E-state index contributed by atoms with van der Waals surface area (Å²) in [5.41, 5.74) is 2.86. The number of hydrogen-bond donors (Lipinski definition) is 0. The zero-order chi connectivity index (χ0) is 22.1. The molecule has 0 N–H and O–H groups in total. The maximum Gasteiger partial charge on any atom is 0.338 e. The molecule has 0 saturated heterocycles. The first-order chi connectivity index (χ1) is 14.9. The molecule has 1 atom stereocenters. The number of anilines is 1. The second kappa shape index (κ2) is 8.64. The Morgan fingerprint density at radius 1 is 1.26 bits per heavy atom. The summed E-state index contributed by atoms with van der Waals surface area (Å²) in [7, 11) is 3.97. The molecule has 0 fully saturated rings. The molecule has 1 aliphatic rings. The van der Waals surface area contributed by atoms with Crippen molar-refractivity contribution in [3.8, 4) is 0 Å². The van der Waals surface area contributed by atoms with Gasteiger partial charge in [-0.15, -0.1) is 11.3 Å². The number of allylic oxidation sites excluding steroid dienone is 1. The average molecular weight is 454 g/mol. The highest BCUT2D eigenvalue weighted by molar-refractivity contribution is 7.10. The molecule has 1 aliphatic heterocycles. The number of thiophene rings is 1. The molecule has 0 saturated carbocycles. The molecule has 160 valence electrons. The van der Waals surface area contributed by atoms with Gasteiger partial charge in [-0.3, -0.25) is 9.36 Å². The lowest BCUT2D eigenvalue weighted by Crippen LogP contribution is -2.39. The number of rotatable bonds is 5. The number of thiazole rings is 1. The van der Waals surface area contributed by atoms with Gasteiger partial charge < -0.3 is 9.64 Å². The number of benzene rings is 1. The third-order valence-electron chi connectivity index (χ3n) is 5.04. The second-order valence-electron chi connectivity index (χ2n) is 7.30. The Kier molecular flexibility index (Phi) is 5.93. The van der Waals surface area contributed by atoms with E-state index in [-0.39, 0.29) is 12.2 Å². The van der Waals surface area contributed by atoms with E-state index in [1.54, 1.807) is 18.4 Å². The molecule has 0 radical (unpaired) electrons. The topological polar surface area (TPSA) is 63.9 Å². The molecule has 0 unspecified atom stereocenters. The minimum Gasteiger partial charge on any atom is -0.463 e. The highest BCUT2D eigenvalue weighted by Gasteiger charge is 2.33. The first kappa shape index (κ1) is 21.3. The molecule has 0 spiro atoms. The lowest BCUT2D eigenvalue weighted by Gasteiger charge is -2.23. The molecule has 0 aliphatic carbocycles. The van der Waals surface area contributed by atoms with Crippen LogP contribution in [-0.2, 0) is 9.53 Å². The molecule has 2 aromatic heterocycles. The summed E-state index contributed by atoms with van der Waals surface area (Å²) in [6, 6.07) is 11.3. The lowest BCUT2D eigenvalue weighted by molar-refractivity contribution is -0.139. The highest BCUT2D eigenvalue weighted by Crippen LogP contribution is 2.33. The smallest absolute Gasteiger partial charge is 0.338 e. The molecule has 31 heavy (non-hydrogen) atoms. The number of esters is 1. The van der Waals surface area contributed by atoms with Gasteiger partial charge in [-0.2, -0.15) is 0 Å². The first-order valence-corrected chi connectivity index (χ1v) is 11.6. The van der Waals surface area contributed by atoms with Crippen LogP contribution in [0.15, 0.2) is 62.8 Å². The standard InChI is InChI=1S/C23H23N3O3S2/c1-5-29-22(28)19-14(2)24-23-26(20(19)17-7-6-12-30-17)21(27)18(31-23)13-15-8-10-16(11-9-15)25(3)4/h6-13,20H,5H2,1-4H3/b18-13-/t20-/m1/s1. The van der Waals surface area contributed by atoms with E-state index in [0.717, 1.165) is 16.1 Å². The summed E-state index contributed by atoms with van der Waals surface area (Å²) < 4.78 is 7.49. The van der Waals surface area contributed by atoms with Crippen LogP contribution in [0.5, 0.6) is 0 Å². The van der Waals surface area contributed by atoms with Crippen molar-refractivity contribution in [1.29, 1.82) is 0 Å². The van der Waals surface area contributed by atoms with Crippen molar-refractivity contribution >= 4 is 40.4 Å². The van der Waals surface area contributed by atoms with E-state index in [0.29, 0.717) is 20.6 Å². The van der Waals surface area contributed by atoms with E-state index < -0.39 is 12.0 Å². The largest absolute Gasteiger partial charge is 0.463 e. The van der Waals surface area contributed by atoms with Gasteiger partial charge in [0.1, 0.15) is 6.04 Å². The first-order valence-electron chi connectivity index (χ1n) is 9.91. The van der Waals surface area contributed by atoms with Crippen LogP contribution in [0.2, 0.25) is 0 Å². The molecule has 0 bridgehead atoms. The Morgan fingerprint density at radius 2 is 2.00 bits per heavy atom. The van der Waals surface area contributed by atoms with Crippen molar-refractivity contribution < 1.29 is 9.53 Å². The predicted octanol–water partition coefficient (Wildman–Crippen LogP) is 2.93. The third-order valence-corrected chi connectivity index (χ3v) is 6.94. The van der Waals surface area contributed by atoms with Gasteiger partial charge in [-0.1, -0.05) is 29.5 Å². The van der Waals surface area contributed by atoms with Crippen LogP contribution in [0.25, 0.3) is 6.08 Å². The Bertz CT molecular complexity index is 1310. The number of carbonyl (C=O) groups excluding carboxylic acids is 1. The van der Waals surface area contributed by atoms with Gasteiger partial charge in [0, 0.05) is 24.7 Å². The van der Waals surface area contributed by atoms with Crippen LogP contribution in [-0.4, -0.2) is 31.2 Å². The normalized spacial score (nSPS) is 16.1. The molecule has 4 rings (SSSR count). The summed E-state index contributed by atoms with van der Waals surface area (Å²) in [6.07, 6.45) is 1.87. The van der Waals surface area contributed by atoms with E-state index in [1.165, 1.54) is 22.7 Å². The zero-order valence-electron chi connectivity index (χ0n) is 17.8. The van der Waals surface area contributed by atoms with E-state index in [1.807, 2.05) is 66.8 Å². The van der Waals surface area contributed by atoms with Crippen LogP contribution in [0.1, 0.15) is 30.3 Å². The maximum absolute atomic E-state index is 13.4. The Hall–Kier alpha value is -2.97. The van der Waals surface area contributed by atoms with E-state index in [2.05, 4.69) is 4.99 Å². The van der Waals surface area contributed by atoms with Crippen molar-refractivity contribution in [3.63, 3.8) is 0 Å². The second-order valence-corrected chi connectivity index (χ2v) is 9.29. The van der Waals surface area contributed by atoms with Crippen LogP contribution in [0, 0.1) is 0 Å². The van der Waals surface area contributed by atoms with Crippen molar-refractivity contribution in [2.45, 2.75) is 19.9 Å². The quantitative estimate of drug-likeness (QED) is 0.558. The van der Waals surface area contributed by atoms with Gasteiger partial charge in [-0.05, 0) is 49.1 Å². The number of aromatic nitrogens is 1. The minimum atomic E-state index is -0.534. The molecule has 6 nitrogen and oxygen atoms in total. The Morgan fingerprint density at radius 3 is 2.61 bits per heavy atom. The molecular formula is C23H23N3O3S2. The van der Waals surface area contributed by atoms with E-state index in [9.17, 15) is 9.59 Å². The van der Waals surface area contributed by atoms with Crippen LogP contribution >= 0.6 is 22.7 Å². The van der Waals surface area contributed by atoms with Gasteiger partial charge in [-0.25, -0.2) is 9.79 Å². The fourth-order valence-electron chi connectivity index (χ4n) is 3.53. The third kappa shape index (κ3) is 4.00. The minimum absolute atomic E-state index is 0.159. The number of hydrogen-bond acceptors (Lipinski definition) is 7. The summed E-state index contributed by atoms with van der Waals surface area (Å²) >= 11 is 2.84. The fourth-order valence-corrected chi connectivity index (χ4v) is 5.40. The average Bonchev–Trinajstić information content (AvgIpc) is 3.36. The van der Waals surface area contributed by atoms with Crippen molar-refractivity contribution in [3.05, 3.63) is 83.2 Å². The van der Waals surface area contributed by atoms with Gasteiger partial charge >= 0.3 is 5.97 Å². The van der Waals surface area contributed by atoms with Crippen LogP contribution < -0.4 is 19.8 Å². The Balaban J connectivity index is 1.87. The SMILES string of the molecule is CCOC(=O)C1=C(C)N=c2s/c(=C\c3ccc(N(C)C)cc3)c(=O)n2[C@@H]1c1cccs1. The summed E-state index contributed by atoms with van der Waals surface area (Å²) in [4.78, 5) is 34.3. The summed E-state index contributed by atoms with van der Waals surface area (Å²) in [6.45, 7) is 3.83. The number of ether oxygens (including phenoxy) is 1. The Labute approximate surface area is 188 Å². The van der Waals surface area contributed by atoms with E-state index >= 15 is 0 Å². The molecule has 3 heterocycles. The molecule has 3 aromatic rings. The number of carbonyl (C=O) groups is 1. The molecule has 0 amide bonds. The highest BCUT2D eigenvalue weighted by atomic mass is 32.1. The van der Waals surface area contributed by atoms with Crippen LogP contribution in [0.4, 0.5) is 5.69 Å². The number of nitrogens with zero attached hydrogens (tertiary/aromatic N) is 3. The fraction of sp³-hybridized carbons (Fsp3) is 0.261. The maximum atomic E-state index is 13.4. The monoisotopic (exact) mass is 453 g/mol. The van der Waals surface area contributed by atoms with Crippen LogP contribution in [0.3, 0.4) is 0 Å². The van der Waals surface area contributed by atoms with Crippen molar-refractivity contribution in [2.24, 2.45) is 4.99 Å². The number of fused-ring (bicyclic) bond motifs is 1. The van der Waals surface area contributed by atoms with E-state index in [4.69, 9.17) is 4.74 Å². The molecule has 8 heteroatoms. The predicted molar refractivity (Wildman–Crippen MR) is 125 cm³/mol. The van der Waals surface area contributed by atoms with Gasteiger partial charge in [0.25, 0.3) is 5.56 Å².